The molecule has 4 aromatic rings. The molecule has 164 valence electrons. The zero-order valence-electron chi connectivity index (χ0n) is 16.8. The van der Waals surface area contributed by atoms with Gasteiger partial charge in [-0.1, -0.05) is 17.4 Å². The summed E-state index contributed by atoms with van der Waals surface area (Å²) in [6.45, 7) is 1.40. The number of nitrogens with zero attached hydrogens (tertiary/aromatic N) is 3. The molecule has 0 bridgehead atoms. The summed E-state index contributed by atoms with van der Waals surface area (Å²) in [6, 6.07) is 9.51. The summed E-state index contributed by atoms with van der Waals surface area (Å²) in [4.78, 5) is 19.4. The molecule has 0 aliphatic carbocycles. The molecule has 11 heteroatoms. The van der Waals surface area contributed by atoms with Gasteiger partial charge in [-0.15, -0.1) is 0 Å². The van der Waals surface area contributed by atoms with Crippen LogP contribution in [0, 0.1) is 11.6 Å². The predicted octanol–water partition coefficient (Wildman–Crippen LogP) is 4.42. The Hall–Kier alpha value is -3.44. The van der Waals surface area contributed by atoms with E-state index >= 15 is 0 Å². The van der Waals surface area contributed by atoms with Gasteiger partial charge in [0.05, 0.1) is 27.0 Å². The number of benzene rings is 2. The number of rotatable bonds is 5. The van der Waals surface area contributed by atoms with E-state index in [1.165, 1.54) is 31.5 Å². The highest BCUT2D eigenvalue weighted by Crippen LogP contribution is 2.32. The number of amides is 1. The van der Waals surface area contributed by atoms with Crippen LogP contribution in [0.5, 0.6) is 0 Å². The summed E-state index contributed by atoms with van der Waals surface area (Å²) in [7, 11) is -2.83. The Morgan fingerprint density at radius 1 is 1.03 bits per heavy atom. The molecule has 2 heterocycles. The van der Waals surface area contributed by atoms with Gasteiger partial charge in [0.1, 0.15) is 0 Å². The van der Waals surface area contributed by atoms with Crippen LogP contribution in [-0.4, -0.2) is 31.3 Å². The van der Waals surface area contributed by atoms with Crippen molar-refractivity contribution < 1.29 is 22.0 Å². The van der Waals surface area contributed by atoms with Gasteiger partial charge in [-0.2, -0.15) is 0 Å². The first-order valence-electron chi connectivity index (χ1n) is 9.23. The molecule has 0 saturated carbocycles. The highest BCUT2D eigenvalue weighted by atomic mass is 32.2. The van der Waals surface area contributed by atoms with E-state index in [4.69, 9.17) is 0 Å². The number of anilines is 2. The van der Waals surface area contributed by atoms with Crippen molar-refractivity contribution in [2.45, 2.75) is 11.8 Å². The average Bonchev–Trinajstić information content (AvgIpc) is 3.15. The maximum atomic E-state index is 13.6. The molecule has 0 fully saturated rings. The van der Waals surface area contributed by atoms with Gasteiger partial charge in [0, 0.05) is 25.7 Å². The molecule has 0 radical (unpaired) electrons. The van der Waals surface area contributed by atoms with Crippen molar-refractivity contribution in [2.75, 3.05) is 16.7 Å². The lowest BCUT2D eigenvalue weighted by molar-refractivity contribution is -0.114. The number of hydrogen-bond donors (Lipinski definition) is 1. The Kier molecular flexibility index (Phi) is 5.61. The lowest BCUT2D eigenvalue weighted by Crippen LogP contribution is -2.26. The topological polar surface area (TPSA) is 92.3 Å². The van der Waals surface area contributed by atoms with E-state index in [1.807, 2.05) is 12.1 Å². The second-order valence-corrected chi connectivity index (χ2v) is 9.86. The smallest absolute Gasteiger partial charge is 0.264 e. The average molecular weight is 475 g/mol. The number of carbonyl (C=O) groups excluding carboxylic acids is 1. The van der Waals surface area contributed by atoms with Crippen molar-refractivity contribution in [3.63, 3.8) is 0 Å². The van der Waals surface area contributed by atoms with E-state index in [2.05, 4.69) is 15.3 Å². The first kappa shape index (κ1) is 21.8. The first-order chi connectivity index (χ1) is 15.1. The molecule has 0 unspecified atom stereocenters. The molecule has 0 aliphatic rings. The van der Waals surface area contributed by atoms with Crippen molar-refractivity contribution in [3.8, 4) is 11.1 Å². The van der Waals surface area contributed by atoms with Crippen LogP contribution in [0.2, 0.25) is 0 Å². The van der Waals surface area contributed by atoms with Crippen molar-refractivity contribution >= 4 is 48.3 Å². The van der Waals surface area contributed by atoms with Crippen LogP contribution in [0.25, 0.3) is 21.3 Å². The fraction of sp³-hybridized carbons (Fsp3) is 0.0952. The van der Waals surface area contributed by atoms with Crippen LogP contribution in [0.15, 0.2) is 59.8 Å². The van der Waals surface area contributed by atoms with Gasteiger partial charge in [0.15, 0.2) is 16.8 Å². The molecular formula is C21H16F2N4O3S2. The van der Waals surface area contributed by atoms with Gasteiger partial charge >= 0.3 is 0 Å². The molecule has 1 N–H and O–H groups in total. The summed E-state index contributed by atoms with van der Waals surface area (Å²) in [5.74, 6) is -2.59. The fourth-order valence-corrected chi connectivity index (χ4v) is 5.14. The number of nitrogens with one attached hydrogen (secondary N) is 1. The summed E-state index contributed by atoms with van der Waals surface area (Å²) < 4.78 is 54.3. The van der Waals surface area contributed by atoms with E-state index < -0.39 is 21.7 Å². The molecular weight excluding hydrogens is 458 g/mol. The lowest BCUT2D eigenvalue weighted by atomic mass is 10.1. The second-order valence-electron chi connectivity index (χ2n) is 6.86. The van der Waals surface area contributed by atoms with Crippen LogP contribution in [0.1, 0.15) is 6.92 Å². The molecule has 2 aromatic heterocycles. The monoisotopic (exact) mass is 474 g/mol. The van der Waals surface area contributed by atoms with Crippen LogP contribution in [-0.2, 0) is 14.8 Å². The Morgan fingerprint density at radius 3 is 2.53 bits per heavy atom. The number of thiazole rings is 1. The SMILES string of the molecule is CC(=O)Nc1nc2ccc(-c3cncc(N(C)S(=O)(=O)c4ccc(F)c(F)c4)c3)cc2s1. The first-order valence-corrected chi connectivity index (χ1v) is 11.5. The van der Waals surface area contributed by atoms with Crippen LogP contribution < -0.4 is 9.62 Å². The normalized spacial score (nSPS) is 11.5. The summed E-state index contributed by atoms with van der Waals surface area (Å²) in [5, 5.41) is 3.13. The zero-order valence-corrected chi connectivity index (χ0v) is 18.5. The number of fused-ring (bicyclic) bond motifs is 1. The fourth-order valence-electron chi connectivity index (χ4n) is 3.00. The standard InChI is InChI=1S/C21H16F2N4O3S2/c1-12(28)25-21-26-19-6-3-13(8-20(19)31-21)14-7-15(11-24-10-14)27(2)32(29,30)16-4-5-17(22)18(23)9-16/h3-11H,1-2H3,(H,25,26,28). The molecule has 32 heavy (non-hydrogen) atoms. The van der Waals surface area contributed by atoms with E-state index in [-0.39, 0.29) is 16.5 Å². The van der Waals surface area contributed by atoms with E-state index in [0.717, 1.165) is 26.7 Å². The van der Waals surface area contributed by atoms with Crippen LogP contribution in [0.3, 0.4) is 0 Å². The summed E-state index contributed by atoms with van der Waals surface area (Å²) in [6.07, 6.45) is 2.94. The lowest BCUT2D eigenvalue weighted by Gasteiger charge is -2.20. The molecule has 0 aliphatic heterocycles. The van der Waals surface area contributed by atoms with Crippen molar-refractivity contribution in [2.24, 2.45) is 0 Å². The molecule has 0 spiro atoms. The number of halogens is 2. The number of pyridine rings is 1. The Bertz CT molecular complexity index is 1450. The number of hydrogen-bond acceptors (Lipinski definition) is 6. The van der Waals surface area contributed by atoms with Gasteiger partial charge in [-0.3, -0.25) is 14.1 Å². The van der Waals surface area contributed by atoms with Crippen molar-refractivity contribution in [1.82, 2.24) is 9.97 Å². The molecule has 7 nitrogen and oxygen atoms in total. The van der Waals surface area contributed by atoms with Gasteiger partial charge in [-0.05, 0) is 42.0 Å². The van der Waals surface area contributed by atoms with Crippen LogP contribution in [0.4, 0.5) is 19.6 Å². The van der Waals surface area contributed by atoms with Gasteiger partial charge in [0.25, 0.3) is 10.0 Å². The molecule has 0 saturated heterocycles. The second kappa shape index (κ2) is 8.24. The van der Waals surface area contributed by atoms with Crippen molar-refractivity contribution in [3.05, 3.63) is 66.5 Å². The highest BCUT2D eigenvalue weighted by molar-refractivity contribution is 7.92. The maximum absolute atomic E-state index is 13.6. The number of carbonyl (C=O) groups is 1. The van der Waals surface area contributed by atoms with Gasteiger partial charge in [0.2, 0.25) is 5.91 Å². The summed E-state index contributed by atoms with van der Waals surface area (Å²) in [5.41, 5.74) is 2.37. The molecule has 0 atom stereocenters. The molecule has 1 amide bonds. The Labute approximate surface area is 186 Å². The number of sulfonamides is 1. The molecule has 4 rings (SSSR count). The third-order valence-electron chi connectivity index (χ3n) is 4.64. The highest BCUT2D eigenvalue weighted by Gasteiger charge is 2.23. The zero-order chi connectivity index (χ0) is 23.0. The maximum Gasteiger partial charge on any atom is 0.264 e. The Balaban J connectivity index is 1.68. The minimum absolute atomic E-state index is 0.216. The largest absolute Gasteiger partial charge is 0.302 e. The third kappa shape index (κ3) is 4.16. The van der Waals surface area contributed by atoms with Gasteiger partial charge in [-0.25, -0.2) is 22.2 Å². The quantitative estimate of drug-likeness (QED) is 0.462. The van der Waals surface area contributed by atoms with Crippen LogP contribution >= 0.6 is 11.3 Å². The van der Waals surface area contributed by atoms with Crippen molar-refractivity contribution in [1.29, 1.82) is 0 Å². The predicted molar refractivity (Wildman–Crippen MR) is 119 cm³/mol. The van der Waals surface area contributed by atoms with E-state index in [1.54, 1.807) is 18.3 Å². The Morgan fingerprint density at radius 2 is 1.81 bits per heavy atom. The minimum atomic E-state index is -4.13. The number of aromatic nitrogens is 2. The van der Waals surface area contributed by atoms with E-state index in [0.29, 0.717) is 22.3 Å². The minimum Gasteiger partial charge on any atom is -0.302 e. The molecule has 2 aromatic carbocycles. The van der Waals surface area contributed by atoms with E-state index in [9.17, 15) is 22.0 Å². The third-order valence-corrected chi connectivity index (χ3v) is 7.36. The van der Waals surface area contributed by atoms with Gasteiger partial charge < -0.3 is 5.32 Å². The summed E-state index contributed by atoms with van der Waals surface area (Å²) >= 11 is 1.31.